The van der Waals surface area contributed by atoms with E-state index in [1.165, 1.54) is 24.8 Å². The summed E-state index contributed by atoms with van der Waals surface area (Å²) in [6.07, 6.45) is 9.78. The molecule has 2 nitrogen and oxygen atoms in total. The van der Waals surface area contributed by atoms with Crippen LogP contribution in [0.15, 0.2) is 36.4 Å². The molecule has 0 saturated heterocycles. The maximum Gasteiger partial charge on any atom is 0.0693 e. The molecule has 18 heavy (non-hydrogen) atoms. The predicted molar refractivity (Wildman–Crippen MR) is 76.4 cm³/mol. The summed E-state index contributed by atoms with van der Waals surface area (Å²) in [6.45, 7) is 0.830. The van der Waals surface area contributed by atoms with Crippen molar-refractivity contribution >= 4 is 6.08 Å². The molecule has 1 aromatic rings. The van der Waals surface area contributed by atoms with Gasteiger partial charge in [-0.25, -0.2) is 0 Å². The second-order valence-electron chi connectivity index (χ2n) is 5.03. The molecule has 2 unspecified atom stereocenters. The van der Waals surface area contributed by atoms with Gasteiger partial charge in [0.25, 0.3) is 0 Å². The van der Waals surface area contributed by atoms with Gasteiger partial charge in [-0.05, 0) is 18.4 Å². The highest BCUT2D eigenvalue weighted by molar-refractivity contribution is 5.48. The Morgan fingerprint density at radius 3 is 2.72 bits per heavy atom. The molecule has 1 aliphatic rings. The second-order valence-corrected chi connectivity index (χ2v) is 5.03. The molecule has 0 spiro atoms. The Morgan fingerprint density at radius 2 is 1.89 bits per heavy atom. The number of benzene rings is 1. The molecule has 0 radical (unpaired) electrons. The molecule has 0 aromatic heterocycles. The van der Waals surface area contributed by atoms with Crippen LogP contribution in [0.4, 0.5) is 0 Å². The van der Waals surface area contributed by atoms with Crippen LogP contribution < -0.4 is 5.32 Å². The van der Waals surface area contributed by atoms with Gasteiger partial charge in [-0.1, -0.05) is 61.7 Å². The standard InChI is InChI=1S/C16H23NO/c18-16-12-6-2-5-11-15(16)17-13-7-10-14-8-3-1-4-9-14/h1,3-4,7-10,15-18H,2,5-6,11-13H2/b10-7+. The Bertz CT molecular complexity index is 361. The van der Waals surface area contributed by atoms with Crippen molar-refractivity contribution in [2.75, 3.05) is 6.54 Å². The summed E-state index contributed by atoms with van der Waals surface area (Å²) in [5.74, 6) is 0. The van der Waals surface area contributed by atoms with Gasteiger partial charge in [-0.3, -0.25) is 0 Å². The Morgan fingerprint density at radius 1 is 1.11 bits per heavy atom. The highest BCUT2D eigenvalue weighted by atomic mass is 16.3. The zero-order chi connectivity index (χ0) is 12.6. The van der Waals surface area contributed by atoms with Gasteiger partial charge in [-0.2, -0.15) is 0 Å². The Kier molecular flexibility index (Phi) is 5.43. The van der Waals surface area contributed by atoms with E-state index in [0.29, 0.717) is 0 Å². The van der Waals surface area contributed by atoms with Crippen LogP contribution in [-0.4, -0.2) is 23.8 Å². The fourth-order valence-corrected chi connectivity index (χ4v) is 2.50. The molecule has 2 heteroatoms. The van der Waals surface area contributed by atoms with E-state index >= 15 is 0 Å². The van der Waals surface area contributed by atoms with Gasteiger partial charge in [0.2, 0.25) is 0 Å². The number of hydrogen-bond donors (Lipinski definition) is 2. The zero-order valence-electron chi connectivity index (χ0n) is 10.9. The number of aliphatic hydroxyl groups is 1. The number of aliphatic hydroxyl groups excluding tert-OH is 1. The van der Waals surface area contributed by atoms with Gasteiger partial charge in [0.1, 0.15) is 0 Å². The third kappa shape index (κ3) is 4.28. The Hall–Kier alpha value is -1.12. The molecule has 1 fully saturated rings. The Balaban J connectivity index is 1.75. The predicted octanol–water partition coefficient (Wildman–Crippen LogP) is 2.98. The first kappa shape index (κ1) is 13.3. The molecule has 0 amide bonds. The lowest BCUT2D eigenvalue weighted by molar-refractivity contribution is 0.122. The molecule has 2 atom stereocenters. The van der Waals surface area contributed by atoms with Crippen molar-refractivity contribution in [3.63, 3.8) is 0 Å². The van der Waals surface area contributed by atoms with Crippen LogP contribution in [-0.2, 0) is 0 Å². The molecule has 0 heterocycles. The second kappa shape index (κ2) is 7.34. The van der Waals surface area contributed by atoms with Gasteiger partial charge in [-0.15, -0.1) is 0 Å². The highest BCUT2D eigenvalue weighted by Gasteiger charge is 2.19. The van der Waals surface area contributed by atoms with Crippen LogP contribution in [0.3, 0.4) is 0 Å². The van der Waals surface area contributed by atoms with Gasteiger partial charge < -0.3 is 10.4 Å². The van der Waals surface area contributed by atoms with Gasteiger partial charge in [0.15, 0.2) is 0 Å². The van der Waals surface area contributed by atoms with E-state index in [-0.39, 0.29) is 12.1 Å². The normalized spacial score (nSPS) is 25.2. The minimum Gasteiger partial charge on any atom is -0.392 e. The lowest BCUT2D eigenvalue weighted by atomic mass is 10.1. The van der Waals surface area contributed by atoms with Gasteiger partial charge in [0, 0.05) is 12.6 Å². The van der Waals surface area contributed by atoms with E-state index in [4.69, 9.17) is 0 Å². The molecular weight excluding hydrogens is 222 g/mol. The molecule has 98 valence electrons. The monoisotopic (exact) mass is 245 g/mol. The lowest BCUT2D eigenvalue weighted by Gasteiger charge is -2.20. The molecule has 1 aromatic carbocycles. The zero-order valence-corrected chi connectivity index (χ0v) is 10.9. The summed E-state index contributed by atoms with van der Waals surface area (Å²) in [4.78, 5) is 0. The third-order valence-electron chi connectivity index (χ3n) is 3.59. The maximum atomic E-state index is 9.98. The minimum absolute atomic E-state index is 0.169. The minimum atomic E-state index is -0.169. The molecule has 1 aliphatic carbocycles. The van der Waals surface area contributed by atoms with Crippen LogP contribution >= 0.6 is 0 Å². The average Bonchev–Trinajstić information content (AvgIpc) is 2.61. The lowest BCUT2D eigenvalue weighted by Crippen LogP contribution is -2.39. The number of rotatable bonds is 4. The van der Waals surface area contributed by atoms with Gasteiger partial charge in [0.05, 0.1) is 6.10 Å². The molecule has 2 rings (SSSR count). The van der Waals surface area contributed by atoms with E-state index in [0.717, 1.165) is 19.4 Å². The van der Waals surface area contributed by atoms with Crippen LogP contribution in [0, 0.1) is 0 Å². The topological polar surface area (TPSA) is 32.3 Å². The van der Waals surface area contributed by atoms with Crippen molar-refractivity contribution in [1.29, 1.82) is 0 Å². The smallest absolute Gasteiger partial charge is 0.0693 e. The van der Waals surface area contributed by atoms with Crippen LogP contribution in [0.25, 0.3) is 6.08 Å². The Labute approximate surface area is 110 Å². The van der Waals surface area contributed by atoms with Crippen molar-refractivity contribution in [3.8, 4) is 0 Å². The van der Waals surface area contributed by atoms with Crippen molar-refractivity contribution in [2.45, 2.75) is 44.2 Å². The van der Waals surface area contributed by atoms with Crippen LogP contribution in [0.1, 0.15) is 37.7 Å². The summed E-state index contributed by atoms with van der Waals surface area (Å²) in [5, 5.41) is 13.4. The van der Waals surface area contributed by atoms with Crippen molar-refractivity contribution in [1.82, 2.24) is 5.32 Å². The average molecular weight is 245 g/mol. The van der Waals surface area contributed by atoms with E-state index in [1.54, 1.807) is 0 Å². The number of nitrogens with one attached hydrogen (secondary N) is 1. The highest BCUT2D eigenvalue weighted by Crippen LogP contribution is 2.17. The summed E-state index contributed by atoms with van der Waals surface area (Å²) in [7, 11) is 0. The van der Waals surface area contributed by atoms with Crippen molar-refractivity contribution in [2.24, 2.45) is 0 Å². The fourth-order valence-electron chi connectivity index (χ4n) is 2.50. The maximum absolute atomic E-state index is 9.98. The molecule has 1 saturated carbocycles. The van der Waals surface area contributed by atoms with Crippen LogP contribution in [0.5, 0.6) is 0 Å². The van der Waals surface area contributed by atoms with E-state index in [2.05, 4.69) is 29.6 Å². The molecule has 0 bridgehead atoms. The van der Waals surface area contributed by atoms with Gasteiger partial charge >= 0.3 is 0 Å². The third-order valence-corrected chi connectivity index (χ3v) is 3.59. The molecule has 0 aliphatic heterocycles. The van der Waals surface area contributed by atoms with E-state index in [1.807, 2.05) is 18.2 Å². The first-order valence-corrected chi connectivity index (χ1v) is 6.99. The number of hydrogen-bond acceptors (Lipinski definition) is 2. The summed E-state index contributed by atoms with van der Waals surface area (Å²) in [5.41, 5.74) is 1.22. The first-order valence-electron chi connectivity index (χ1n) is 6.99. The largest absolute Gasteiger partial charge is 0.392 e. The van der Waals surface area contributed by atoms with Crippen molar-refractivity contribution < 1.29 is 5.11 Å². The SMILES string of the molecule is OC1CCCCCC1NC/C=C/c1ccccc1. The van der Waals surface area contributed by atoms with E-state index < -0.39 is 0 Å². The first-order chi connectivity index (χ1) is 8.86. The fraction of sp³-hybridized carbons (Fsp3) is 0.500. The quantitative estimate of drug-likeness (QED) is 0.799. The van der Waals surface area contributed by atoms with E-state index in [9.17, 15) is 5.11 Å². The summed E-state index contributed by atoms with van der Waals surface area (Å²) >= 11 is 0. The molecular formula is C16H23NO. The molecule has 2 N–H and O–H groups in total. The van der Waals surface area contributed by atoms with Crippen molar-refractivity contribution in [3.05, 3.63) is 42.0 Å². The van der Waals surface area contributed by atoms with Crippen LogP contribution in [0.2, 0.25) is 0 Å². The summed E-state index contributed by atoms with van der Waals surface area (Å²) < 4.78 is 0. The summed E-state index contributed by atoms with van der Waals surface area (Å²) in [6, 6.07) is 10.6.